The lowest BCUT2D eigenvalue weighted by molar-refractivity contribution is 0.552. The van der Waals surface area contributed by atoms with Crippen LogP contribution in [-0.2, 0) is 12.8 Å². The quantitative estimate of drug-likeness (QED) is 0.492. The van der Waals surface area contributed by atoms with E-state index in [-0.39, 0.29) is 0 Å². The molecule has 0 saturated heterocycles. The van der Waals surface area contributed by atoms with E-state index in [9.17, 15) is 0 Å². The van der Waals surface area contributed by atoms with Gasteiger partial charge in [0, 0.05) is 0 Å². The molecular formula is C19H17. The summed E-state index contributed by atoms with van der Waals surface area (Å²) >= 11 is 0. The molecule has 1 radical (unpaired) electrons. The normalized spacial score (nSPS) is 18.7. The highest BCUT2D eigenvalue weighted by molar-refractivity contribution is 6.08. The first kappa shape index (κ1) is 11.0. The lowest BCUT2D eigenvalue weighted by Crippen LogP contribution is -2.11. The Bertz CT molecular complexity index is 767. The zero-order valence-electron chi connectivity index (χ0n) is 11.0. The van der Waals surface area contributed by atoms with E-state index in [1.165, 1.54) is 45.5 Å². The highest BCUT2D eigenvalue weighted by Crippen LogP contribution is 2.34. The van der Waals surface area contributed by atoms with Crippen molar-refractivity contribution in [2.24, 2.45) is 5.92 Å². The van der Waals surface area contributed by atoms with Gasteiger partial charge in [-0.1, -0.05) is 48.5 Å². The second kappa shape index (κ2) is 4.09. The summed E-state index contributed by atoms with van der Waals surface area (Å²) in [6.07, 6.45) is 3.55. The van der Waals surface area contributed by atoms with Crippen LogP contribution in [0.1, 0.15) is 17.5 Å². The van der Waals surface area contributed by atoms with E-state index in [1.54, 1.807) is 0 Å². The van der Waals surface area contributed by atoms with Crippen molar-refractivity contribution in [2.75, 3.05) is 0 Å². The first-order valence-corrected chi connectivity index (χ1v) is 7.08. The molecule has 0 nitrogen and oxygen atoms in total. The minimum absolute atomic E-state index is 0.574. The topological polar surface area (TPSA) is 0 Å². The maximum atomic E-state index is 4.27. The average molecular weight is 245 g/mol. The van der Waals surface area contributed by atoms with E-state index in [0.29, 0.717) is 5.92 Å². The Labute approximate surface area is 114 Å². The van der Waals surface area contributed by atoms with Crippen LogP contribution in [0.25, 0.3) is 21.5 Å². The van der Waals surface area contributed by atoms with Crippen molar-refractivity contribution in [3.63, 3.8) is 0 Å². The molecule has 0 N–H and O–H groups in total. The zero-order chi connectivity index (χ0) is 12.8. The predicted octanol–water partition coefficient (Wildman–Crippen LogP) is 4.93. The monoisotopic (exact) mass is 245 g/mol. The molecule has 3 aromatic rings. The van der Waals surface area contributed by atoms with Crippen molar-refractivity contribution in [1.82, 2.24) is 0 Å². The first-order chi connectivity index (χ1) is 9.33. The van der Waals surface area contributed by atoms with Gasteiger partial charge in [0.15, 0.2) is 0 Å². The largest absolute Gasteiger partial charge is 0.0616 e. The van der Waals surface area contributed by atoms with Crippen molar-refractivity contribution in [3.8, 4) is 0 Å². The maximum absolute atomic E-state index is 4.27. The summed E-state index contributed by atoms with van der Waals surface area (Å²) in [7, 11) is 0. The maximum Gasteiger partial charge on any atom is -0.0102 e. The summed E-state index contributed by atoms with van der Waals surface area (Å²) in [5.74, 6) is 0.574. The Morgan fingerprint density at radius 3 is 2.63 bits per heavy atom. The van der Waals surface area contributed by atoms with Crippen LogP contribution < -0.4 is 0 Å². The molecule has 1 unspecified atom stereocenters. The van der Waals surface area contributed by atoms with E-state index in [1.807, 2.05) is 0 Å². The number of fused-ring (bicyclic) bond motifs is 5. The standard InChI is InChI=1S/C19H17/c1-13-6-7-15-9-10-17-16-5-3-2-4-14(16)8-11-18(17)19(15)12-13/h2-5,8-11,13H,1,6-7,12H2. The Kier molecular flexibility index (Phi) is 2.38. The molecule has 0 bridgehead atoms. The fourth-order valence-corrected chi connectivity index (χ4v) is 3.42. The van der Waals surface area contributed by atoms with Gasteiger partial charge in [-0.15, -0.1) is 0 Å². The van der Waals surface area contributed by atoms with E-state index in [4.69, 9.17) is 0 Å². The molecule has 1 atom stereocenters. The second-order valence-electron chi connectivity index (χ2n) is 5.69. The third-order valence-corrected chi connectivity index (χ3v) is 4.45. The van der Waals surface area contributed by atoms with Crippen LogP contribution in [0.2, 0.25) is 0 Å². The Hall–Kier alpha value is -1.82. The van der Waals surface area contributed by atoms with E-state index >= 15 is 0 Å². The second-order valence-corrected chi connectivity index (χ2v) is 5.69. The lowest BCUT2D eigenvalue weighted by atomic mass is 9.82. The van der Waals surface area contributed by atoms with Crippen LogP contribution >= 0.6 is 0 Å². The number of hydrogen-bond acceptors (Lipinski definition) is 0. The van der Waals surface area contributed by atoms with Crippen LogP contribution in [0.15, 0.2) is 48.5 Å². The van der Waals surface area contributed by atoms with E-state index < -0.39 is 0 Å². The third kappa shape index (κ3) is 1.67. The first-order valence-electron chi connectivity index (χ1n) is 7.08. The Balaban J connectivity index is 2.10. The number of aryl methyl sites for hydroxylation is 1. The Morgan fingerprint density at radius 1 is 0.842 bits per heavy atom. The minimum Gasteiger partial charge on any atom is -0.0616 e. The fourth-order valence-electron chi connectivity index (χ4n) is 3.42. The number of hydrogen-bond donors (Lipinski definition) is 0. The van der Waals surface area contributed by atoms with Crippen LogP contribution in [0.5, 0.6) is 0 Å². The van der Waals surface area contributed by atoms with Crippen molar-refractivity contribution >= 4 is 21.5 Å². The molecule has 0 aromatic heterocycles. The summed E-state index contributed by atoms with van der Waals surface area (Å²) in [5.41, 5.74) is 3.07. The van der Waals surface area contributed by atoms with Gasteiger partial charge in [-0.2, -0.15) is 0 Å². The predicted molar refractivity (Wildman–Crippen MR) is 82.3 cm³/mol. The molecule has 0 saturated carbocycles. The minimum atomic E-state index is 0.574. The molecule has 0 amide bonds. The molecule has 0 aliphatic heterocycles. The van der Waals surface area contributed by atoms with Crippen LogP contribution in [0.4, 0.5) is 0 Å². The smallest absolute Gasteiger partial charge is 0.0102 e. The highest BCUT2D eigenvalue weighted by atomic mass is 14.2. The van der Waals surface area contributed by atoms with Gasteiger partial charge in [-0.05, 0) is 64.8 Å². The summed E-state index contributed by atoms with van der Waals surface area (Å²) in [6, 6.07) is 17.9. The summed E-state index contributed by atoms with van der Waals surface area (Å²) in [4.78, 5) is 0. The molecule has 93 valence electrons. The number of benzene rings is 3. The van der Waals surface area contributed by atoms with Gasteiger partial charge in [0.25, 0.3) is 0 Å². The molecule has 0 heterocycles. The van der Waals surface area contributed by atoms with Gasteiger partial charge < -0.3 is 0 Å². The zero-order valence-corrected chi connectivity index (χ0v) is 11.0. The van der Waals surface area contributed by atoms with E-state index in [0.717, 1.165) is 6.42 Å². The van der Waals surface area contributed by atoms with Crippen molar-refractivity contribution in [2.45, 2.75) is 19.3 Å². The lowest BCUT2D eigenvalue weighted by Gasteiger charge is -2.23. The molecule has 3 aromatic carbocycles. The van der Waals surface area contributed by atoms with Crippen molar-refractivity contribution < 1.29 is 0 Å². The van der Waals surface area contributed by atoms with Gasteiger partial charge in [-0.3, -0.25) is 0 Å². The van der Waals surface area contributed by atoms with Gasteiger partial charge in [0.1, 0.15) is 0 Å². The average Bonchev–Trinajstić information content (AvgIpc) is 2.46. The summed E-state index contributed by atoms with van der Waals surface area (Å²) in [5, 5.41) is 5.53. The molecule has 0 spiro atoms. The molecule has 1 aliphatic carbocycles. The molecule has 0 heteroatoms. The summed E-state index contributed by atoms with van der Waals surface area (Å²) in [6.45, 7) is 4.27. The molecule has 4 rings (SSSR count). The number of rotatable bonds is 0. The van der Waals surface area contributed by atoms with Gasteiger partial charge in [0.05, 0.1) is 0 Å². The Morgan fingerprint density at radius 2 is 1.68 bits per heavy atom. The van der Waals surface area contributed by atoms with Gasteiger partial charge >= 0.3 is 0 Å². The van der Waals surface area contributed by atoms with Crippen molar-refractivity contribution in [3.05, 3.63) is 66.6 Å². The summed E-state index contributed by atoms with van der Waals surface area (Å²) < 4.78 is 0. The molecular weight excluding hydrogens is 228 g/mol. The fraction of sp³-hybridized carbons (Fsp3) is 0.211. The van der Waals surface area contributed by atoms with Crippen molar-refractivity contribution in [1.29, 1.82) is 0 Å². The molecule has 0 fully saturated rings. The SMILES string of the molecule is [CH2]C1CCc2ccc3c(ccc4ccccc43)c2C1. The van der Waals surface area contributed by atoms with Crippen LogP contribution in [0.3, 0.4) is 0 Å². The third-order valence-electron chi connectivity index (χ3n) is 4.45. The van der Waals surface area contributed by atoms with Gasteiger partial charge in [-0.25, -0.2) is 0 Å². The van der Waals surface area contributed by atoms with Crippen LogP contribution in [0, 0.1) is 12.8 Å². The molecule has 1 aliphatic rings. The van der Waals surface area contributed by atoms with Crippen LogP contribution in [-0.4, -0.2) is 0 Å². The highest BCUT2D eigenvalue weighted by Gasteiger charge is 2.17. The van der Waals surface area contributed by atoms with E-state index in [2.05, 4.69) is 55.5 Å². The molecule has 19 heavy (non-hydrogen) atoms. The van der Waals surface area contributed by atoms with Gasteiger partial charge in [0.2, 0.25) is 0 Å².